The fourth-order valence-electron chi connectivity index (χ4n) is 1.66. The Bertz CT molecular complexity index is 579. The molecule has 0 spiro atoms. The van der Waals surface area contributed by atoms with E-state index in [1.807, 2.05) is 13.8 Å². The number of rotatable bonds is 4. The first-order chi connectivity index (χ1) is 9.08. The molecule has 0 fully saturated rings. The molecular formula is C15H14FNO2. The van der Waals surface area contributed by atoms with Gasteiger partial charge in [-0.25, -0.2) is 9.37 Å². The molecule has 0 aliphatic rings. The molecule has 0 saturated heterocycles. The quantitative estimate of drug-likeness (QED) is 0.791. The second-order valence-corrected chi connectivity index (χ2v) is 4.35. The lowest BCUT2D eigenvalue weighted by atomic mass is 10.1. The first-order valence-electron chi connectivity index (χ1n) is 6.00. The van der Waals surface area contributed by atoms with Crippen LogP contribution in [0.2, 0.25) is 0 Å². The van der Waals surface area contributed by atoms with Crippen LogP contribution in [0.4, 0.5) is 4.39 Å². The predicted octanol–water partition coefficient (Wildman–Crippen LogP) is 3.24. The summed E-state index contributed by atoms with van der Waals surface area (Å²) in [6.07, 6.45) is 0.995. The largest absolute Gasteiger partial charge is 0.490 e. The van der Waals surface area contributed by atoms with Crippen LogP contribution >= 0.6 is 0 Å². The van der Waals surface area contributed by atoms with Crippen molar-refractivity contribution in [3.63, 3.8) is 0 Å². The molecule has 2 rings (SSSR count). The van der Waals surface area contributed by atoms with Gasteiger partial charge < -0.3 is 4.74 Å². The van der Waals surface area contributed by atoms with Gasteiger partial charge in [-0.15, -0.1) is 0 Å². The number of carbonyl (C=O) groups is 1. The van der Waals surface area contributed by atoms with Crippen molar-refractivity contribution < 1.29 is 13.9 Å². The van der Waals surface area contributed by atoms with Crippen LogP contribution in [-0.4, -0.2) is 16.9 Å². The van der Waals surface area contributed by atoms with Crippen LogP contribution in [0.15, 0.2) is 42.6 Å². The van der Waals surface area contributed by atoms with E-state index >= 15 is 0 Å². The lowest BCUT2D eigenvalue weighted by Crippen LogP contribution is -2.11. The highest BCUT2D eigenvalue weighted by Gasteiger charge is 2.16. The molecule has 2 aromatic rings. The van der Waals surface area contributed by atoms with Gasteiger partial charge in [0.1, 0.15) is 17.3 Å². The van der Waals surface area contributed by atoms with Crippen molar-refractivity contribution in [3.05, 3.63) is 59.7 Å². The summed E-state index contributed by atoms with van der Waals surface area (Å²) in [7, 11) is 0. The van der Waals surface area contributed by atoms with Gasteiger partial charge in [0.25, 0.3) is 0 Å². The number of hydrogen-bond acceptors (Lipinski definition) is 3. The van der Waals surface area contributed by atoms with E-state index in [1.165, 1.54) is 12.1 Å². The normalized spacial score (nSPS) is 10.5. The summed E-state index contributed by atoms with van der Waals surface area (Å²) in [5.41, 5.74) is 0.622. The minimum atomic E-state index is -0.469. The van der Waals surface area contributed by atoms with Crippen molar-refractivity contribution in [2.45, 2.75) is 20.0 Å². The van der Waals surface area contributed by atoms with Crippen molar-refractivity contribution in [1.82, 2.24) is 4.98 Å². The first kappa shape index (κ1) is 13.2. The Morgan fingerprint density at radius 2 is 1.95 bits per heavy atom. The van der Waals surface area contributed by atoms with Gasteiger partial charge in [-0.1, -0.05) is 12.1 Å². The SMILES string of the molecule is CC(C)Oc1ccccc1C(=O)c1ccc(F)cn1. The fraction of sp³-hybridized carbons (Fsp3) is 0.200. The summed E-state index contributed by atoms with van der Waals surface area (Å²) in [5, 5.41) is 0. The number of nitrogens with zero attached hydrogens (tertiary/aromatic N) is 1. The predicted molar refractivity (Wildman–Crippen MR) is 69.8 cm³/mol. The summed E-state index contributed by atoms with van der Waals surface area (Å²) in [6.45, 7) is 3.77. The second-order valence-electron chi connectivity index (χ2n) is 4.35. The van der Waals surface area contributed by atoms with Crippen LogP contribution in [0.25, 0.3) is 0 Å². The monoisotopic (exact) mass is 259 g/mol. The molecule has 0 radical (unpaired) electrons. The van der Waals surface area contributed by atoms with E-state index in [-0.39, 0.29) is 17.6 Å². The summed E-state index contributed by atoms with van der Waals surface area (Å²) in [4.78, 5) is 16.1. The lowest BCUT2D eigenvalue weighted by Gasteiger charge is -2.13. The van der Waals surface area contributed by atoms with Crippen LogP contribution in [-0.2, 0) is 0 Å². The number of hydrogen-bond donors (Lipinski definition) is 0. The number of aromatic nitrogens is 1. The van der Waals surface area contributed by atoms with Crippen molar-refractivity contribution >= 4 is 5.78 Å². The van der Waals surface area contributed by atoms with E-state index in [0.29, 0.717) is 11.3 Å². The smallest absolute Gasteiger partial charge is 0.215 e. The Labute approximate surface area is 111 Å². The molecule has 98 valence electrons. The van der Waals surface area contributed by atoms with E-state index < -0.39 is 5.82 Å². The van der Waals surface area contributed by atoms with Gasteiger partial charge in [-0.2, -0.15) is 0 Å². The fourth-order valence-corrected chi connectivity index (χ4v) is 1.66. The highest BCUT2D eigenvalue weighted by molar-refractivity contribution is 6.09. The average Bonchev–Trinajstić information content (AvgIpc) is 2.39. The molecule has 0 bridgehead atoms. The van der Waals surface area contributed by atoms with Gasteiger partial charge in [-0.05, 0) is 38.1 Å². The Kier molecular flexibility index (Phi) is 3.90. The zero-order valence-corrected chi connectivity index (χ0v) is 10.8. The Morgan fingerprint density at radius 1 is 1.21 bits per heavy atom. The standard InChI is InChI=1S/C15H14FNO2/c1-10(2)19-14-6-4-3-5-12(14)15(18)13-8-7-11(16)9-17-13/h3-10H,1-2H3. The molecule has 0 N–H and O–H groups in total. The number of benzene rings is 1. The molecule has 1 aromatic heterocycles. The zero-order chi connectivity index (χ0) is 13.8. The summed E-state index contributed by atoms with van der Waals surface area (Å²) >= 11 is 0. The summed E-state index contributed by atoms with van der Waals surface area (Å²) in [5.74, 6) is -0.242. The van der Waals surface area contributed by atoms with E-state index in [2.05, 4.69) is 4.98 Å². The summed E-state index contributed by atoms with van der Waals surface area (Å²) in [6, 6.07) is 9.54. The molecule has 19 heavy (non-hydrogen) atoms. The maximum atomic E-state index is 12.8. The van der Waals surface area contributed by atoms with Crippen LogP contribution in [0.1, 0.15) is 29.9 Å². The maximum Gasteiger partial charge on any atom is 0.215 e. The topological polar surface area (TPSA) is 39.2 Å². The molecule has 0 aliphatic heterocycles. The number of ether oxygens (including phenoxy) is 1. The van der Waals surface area contributed by atoms with Gasteiger partial charge in [0.2, 0.25) is 5.78 Å². The third kappa shape index (κ3) is 3.16. The van der Waals surface area contributed by atoms with Crippen LogP contribution in [0.3, 0.4) is 0 Å². The van der Waals surface area contributed by atoms with Crippen molar-refractivity contribution in [2.24, 2.45) is 0 Å². The van der Waals surface area contributed by atoms with E-state index in [9.17, 15) is 9.18 Å². The van der Waals surface area contributed by atoms with Gasteiger partial charge in [0.15, 0.2) is 0 Å². The van der Waals surface area contributed by atoms with Gasteiger partial charge in [0.05, 0.1) is 17.9 Å². The molecule has 4 heteroatoms. The number of para-hydroxylation sites is 1. The maximum absolute atomic E-state index is 12.8. The van der Waals surface area contributed by atoms with E-state index in [0.717, 1.165) is 6.20 Å². The molecule has 1 heterocycles. The average molecular weight is 259 g/mol. The van der Waals surface area contributed by atoms with Crippen molar-refractivity contribution in [3.8, 4) is 5.75 Å². The highest BCUT2D eigenvalue weighted by Crippen LogP contribution is 2.22. The Balaban J connectivity index is 2.35. The van der Waals surface area contributed by atoms with E-state index in [4.69, 9.17) is 4.74 Å². The van der Waals surface area contributed by atoms with Crippen LogP contribution < -0.4 is 4.74 Å². The number of carbonyl (C=O) groups excluding carboxylic acids is 1. The molecular weight excluding hydrogens is 245 g/mol. The number of ketones is 1. The third-order valence-electron chi connectivity index (χ3n) is 2.45. The van der Waals surface area contributed by atoms with Crippen molar-refractivity contribution in [2.75, 3.05) is 0 Å². The molecule has 0 atom stereocenters. The molecule has 0 saturated carbocycles. The minimum Gasteiger partial charge on any atom is -0.490 e. The number of pyridine rings is 1. The lowest BCUT2D eigenvalue weighted by molar-refractivity contribution is 0.102. The van der Waals surface area contributed by atoms with Crippen LogP contribution in [0, 0.1) is 5.82 Å². The van der Waals surface area contributed by atoms with E-state index in [1.54, 1.807) is 24.3 Å². The van der Waals surface area contributed by atoms with Gasteiger partial charge in [-0.3, -0.25) is 4.79 Å². The first-order valence-corrected chi connectivity index (χ1v) is 6.00. The van der Waals surface area contributed by atoms with Gasteiger partial charge >= 0.3 is 0 Å². The molecule has 1 aromatic carbocycles. The highest BCUT2D eigenvalue weighted by atomic mass is 19.1. The summed E-state index contributed by atoms with van der Waals surface area (Å²) < 4.78 is 18.4. The number of halogens is 1. The molecule has 0 unspecified atom stereocenters. The molecule has 0 amide bonds. The zero-order valence-electron chi connectivity index (χ0n) is 10.8. The molecule has 3 nitrogen and oxygen atoms in total. The Hall–Kier alpha value is -2.23. The second kappa shape index (κ2) is 5.61. The third-order valence-corrected chi connectivity index (χ3v) is 2.45. The minimum absolute atomic E-state index is 0.0323. The van der Waals surface area contributed by atoms with Crippen molar-refractivity contribution in [1.29, 1.82) is 0 Å². The Morgan fingerprint density at radius 3 is 2.58 bits per heavy atom. The van der Waals surface area contributed by atoms with Crippen LogP contribution in [0.5, 0.6) is 5.75 Å². The van der Waals surface area contributed by atoms with Gasteiger partial charge in [0, 0.05) is 0 Å². The molecule has 0 aliphatic carbocycles.